The second-order valence-electron chi connectivity index (χ2n) is 9.06. The number of fused-ring (bicyclic) bond motifs is 1. The SMILES string of the molecule is CC(C)c1cc(C(=O)N2CCCC(c3cc4n(n3)[C@@H](C(F)(F)F)C[C@@H](C)N4)C2)n(C)n1. The van der Waals surface area contributed by atoms with Crippen LogP contribution in [0.4, 0.5) is 19.0 Å². The van der Waals surface area contributed by atoms with Crippen molar-refractivity contribution in [3.05, 3.63) is 29.2 Å². The lowest BCUT2D eigenvalue weighted by molar-refractivity contribution is -0.173. The monoisotopic (exact) mass is 438 g/mol. The maximum atomic E-state index is 13.5. The number of carbonyl (C=O) groups excluding carboxylic acids is 1. The number of anilines is 1. The van der Waals surface area contributed by atoms with Gasteiger partial charge in [-0.2, -0.15) is 23.4 Å². The molecule has 0 aromatic carbocycles. The molecule has 2 aliphatic rings. The van der Waals surface area contributed by atoms with E-state index in [4.69, 9.17) is 0 Å². The minimum absolute atomic E-state index is 0.0500. The molecular weight excluding hydrogens is 409 g/mol. The van der Waals surface area contributed by atoms with Crippen molar-refractivity contribution in [3.8, 4) is 0 Å². The molecule has 2 aromatic heterocycles. The number of aryl methyl sites for hydroxylation is 1. The summed E-state index contributed by atoms with van der Waals surface area (Å²) < 4.78 is 43.3. The van der Waals surface area contributed by atoms with E-state index in [-0.39, 0.29) is 30.2 Å². The fourth-order valence-corrected chi connectivity index (χ4v) is 4.51. The average molecular weight is 438 g/mol. The zero-order chi connectivity index (χ0) is 22.5. The summed E-state index contributed by atoms with van der Waals surface area (Å²) in [7, 11) is 1.76. The summed E-state index contributed by atoms with van der Waals surface area (Å²) in [6, 6.07) is 1.63. The Labute approximate surface area is 179 Å². The number of hydrogen-bond acceptors (Lipinski definition) is 4. The normalized spacial score (nSPS) is 24.3. The first-order valence-electron chi connectivity index (χ1n) is 10.8. The summed E-state index contributed by atoms with van der Waals surface area (Å²) in [5, 5.41) is 11.9. The number of nitrogens with one attached hydrogen (secondary N) is 1. The molecule has 0 spiro atoms. The van der Waals surface area contributed by atoms with Crippen LogP contribution in [0.25, 0.3) is 0 Å². The van der Waals surface area contributed by atoms with Crippen LogP contribution in [0.5, 0.6) is 0 Å². The molecule has 2 aliphatic heterocycles. The number of aromatic nitrogens is 4. The Balaban J connectivity index is 1.55. The number of hydrogen-bond donors (Lipinski definition) is 1. The third kappa shape index (κ3) is 4.16. The molecule has 7 nitrogen and oxygen atoms in total. The second kappa shape index (κ2) is 7.87. The van der Waals surface area contributed by atoms with Gasteiger partial charge in [0.2, 0.25) is 0 Å². The lowest BCUT2D eigenvalue weighted by Gasteiger charge is -2.32. The molecule has 4 heterocycles. The highest BCUT2D eigenvalue weighted by atomic mass is 19.4. The Morgan fingerprint density at radius 2 is 2.00 bits per heavy atom. The molecule has 0 bridgehead atoms. The van der Waals surface area contributed by atoms with E-state index in [1.165, 1.54) is 0 Å². The number of nitrogens with zero attached hydrogens (tertiary/aromatic N) is 5. The predicted molar refractivity (Wildman–Crippen MR) is 110 cm³/mol. The fourth-order valence-electron chi connectivity index (χ4n) is 4.51. The Kier molecular flexibility index (Phi) is 5.51. The van der Waals surface area contributed by atoms with Gasteiger partial charge in [0.15, 0.2) is 6.04 Å². The van der Waals surface area contributed by atoms with E-state index in [2.05, 4.69) is 15.5 Å². The number of alkyl halides is 3. The molecule has 1 N–H and O–H groups in total. The molecule has 1 unspecified atom stereocenters. The molecule has 1 fully saturated rings. The molecule has 0 radical (unpaired) electrons. The van der Waals surface area contributed by atoms with Gasteiger partial charge in [-0.15, -0.1) is 0 Å². The van der Waals surface area contributed by atoms with Crippen LogP contribution in [0.2, 0.25) is 0 Å². The molecule has 0 saturated carbocycles. The Bertz CT molecular complexity index is 963. The van der Waals surface area contributed by atoms with E-state index in [0.29, 0.717) is 30.3 Å². The maximum Gasteiger partial charge on any atom is 0.410 e. The van der Waals surface area contributed by atoms with Crippen molar-refractivity contribution in [2.24, 2.45) is 7.05 Å². The van der Waals surface area contributed by atoms with Gasteiger partial charge in [-0.3, -0.25) is 9.48 Å². The molecule has 3 atom stereocenters. The zero-order valence-electron chi connectivity index (χ0n) is 18.3. The molecule has 1 amide bonds. The molecule has 170 valence electrons. The summed E-state index contributed by atoms with van der Waals surface area (Å²) >= 11 is 0. The first-order valence-corrected chi connectivity index (χ1v) is 10.8. The molecule has 2 aromatic rings. The van der Waals surface area contributed by atoms with Crippen LogP contribution in [-0.2, 0) is 7.05 Å². The van der Waals surface area contributed by atoms with Crippen molar-refractivity contribution < 1.29 is 18.0 Å². The number of likely N-dealkylation sites (tertiary alicyclic amines) is 1. The van der Waals surface area contributed by atoms with E-state index in [1.807, 2.05) is 19.9 Å². The largest absolute Gasteiger partial charge is 0.410 e. The number of carbonyl (C=O) groups is 1. The minimum Gasteiger partial charge on any atom is -0.368 e. The minimum atomic E-state index is -4.35. The third-order valence-corrected chi connectivity index (χ3v) is 6.24. The second-order valence-corrected chi connectivity index (χ2v) is 9.06. The Morgan fingerprint density at radius 1 is 1.26 bits per heavy atom. The van der Waals surface area contributed by atoms with E-state index in [1.54, 1.807) is 29.6 Å². The van der Waals surface area contributed by atoms with Crippen LogP contribution in [0.3, 0.4) is 0 Å². The molecule has 4 rings (SSSR count). The van der Waals surface area contributed by atoms with E-state index >= 15 is 0 Å². The Hall–Kier alpha value is -2.52. The lowest BCUT2D eigenvalue weighted by Crippen LogP contribution is -2.40. The van der Waals surface area contributed by atoms with Gasteiger partial charge in [-0.1, -0.05) is 13.8 Å². The topological polar surface area (TPSA) is 68.0 Å². The highest BCUT2D eigenvalue weighted by Crippen LogP contribution is 2.40. The predicted octanol–water partition coefficient (Wildman–Crippen LogP) is 4.07. The van der Waals surface area contributed by atoms with Gasteiger partial charge in [0.1, 0.15) is 11.5 Å². The smallest absolute Gasteiger partial charge is 0.368 e. The van der Waals surface area contributed by atoms with Crippen molar-refractivity contribution in [3.63, 3.8) is 0 Å². The average Bonchev–Trinajstić information content (AvgIpc) is 3.29. The van der Waals surface area contributed by atoms with E-state index in [9.17, 15) is 18.0 Å². The van der Waals surface area contributed by atoms with Crippen LogP contribution in [0.15, 0.2) is 12.1 Å². The number of piperidine rings is 1. The van der Waals surface area contributed by atoms with Crippen molar-refractivity contribution in [2.45, 2.75) is 70.1 Å². The highest BCUT2D eigenvalue weighted by Gasteiger charge is 2.46. The molecular formula is C21H29F3N6O. The van der Waals surface area contributed by atoms with Gasteiger partial charge in [-0.05, 0) is 38.2 Å². The quantitative estimate of drug-likeness (QED) is 0.785. The summed E-state index contributed by atoms with van der Waals surface area (Å²) in [6.07, 6.45) is -2.84. The number of rotatable bonds is 3. The van der Waals surface area contributed by atoms with Gasteiger partial charge >= 0.3 is 6.18 Å². The zero-order valence-corrected chi connectivity index (χ0v) is 18.3. The highest BCUT2D eigenvalue weighted by molar-refractivity contribution is 5.92. The van der Waals surface area contributed by atoms with Crippen molar-refractivity contribution in [1.82, 2.24) is 24.5 Å². The summed E-state index contributed by atoms with van der Waals surface area (Å²) in [4.78, 5) is 14.9. The van der Waals surface area contributed by atoms with Gasteiger partial charge in [0.25, 0.3) is 5.91 Å². The van der Waals surface area contributed by atoms with Crippen LogP contribution in [0, 0.1) is 0 Å². The van der Waals surface area contributed by atoms with Gasteiger partial charge in [-0.25, -0.2) is 4.68 Å². The molecule has 0 aliphatic carbocycles. The first kappa shape index (κ1) is 21.7. The first-order chi connectivity index (χ1) is 14.5. The van der Waals surface area contributed by atoms with Gasteiger partial charge in [0, 0.05) is 38.2 Å². The molecule has 1 saturated heterocycles. The van der Waals surface area contributed by atoms with Crippen LogP contribution >= 0.6 is 0 Å². The van der Waals surface area contributed by atoms with Crippen LogP contribution in [-0.4, -0.2) is 55.7 Å². The Morgan fingerprint density at radius 3 is 2.65 bits per heavy atom. The lowest BCUT2D eigenvalue weighted by atomic mass is 9.94. The fraction of sp³-hybridized carbons (Fsp3) is 0.667. The van der Waals surface area contributed by atoms with Gasteiger partial charge < -0.3 is 10.2 Å². The van der Waals surface area contributed by atoms with Gasteiger partial charge in [0.05, 0.1) is 11.4 Å². The maximum absolute atomic E-state index is 13.5. The van der Waals surface area contributed by atoms with Crippen molar-refractivity contribution in [2.75, 3.05) is 18.4 Å². The number of amides is 1. The van der Waals surface area contributed by atoms with E-state index < -0.39 is 12.2 Å². The summed E-state index contributed by atoms with van der Waals surface area (Å²) in [5.41, 5.74) is 2.00. The van der Waals surface area contributed by atoms with Crippen LogP contribution < -0.4 is 5.32 Å². The molecule has 31 heavy (non-hydrogen) atoms. The van der Waals surface area contributed by atoms with E-state index in [0.717, 1.165) is 23.2 Å². The number of halogens is 3. The van der Waals surface area contributed by atoms with Crippen molar-refractivity contribution in [1.29, 1.82) is 0 Å². The third-order valence-electron chi connectivity index (χ3n) is 6.24. The standard InChI is InChI=1S/C21H29F3N6O/c1-12(2)15-9-17(28(4)26-15)20(31)29-7-5-6-14(11-29)16-10-19-25-13(3)8-18(21(22,23)24)30(19)27-16/h9-10,12-14,18,25H,5-8,11H2,1-4H3/t13-,14?,18-/m1/s1. The van der Waals surface area contributed by atoms with Crippen molar-refractivity contribution >= 4 is 11.7 Å². The molecule has 10 heteroatoms. The summed E-state index contributed by atoms with van der Waals surface area (Å²) in [6.45, 7) is 6.85. The summed E-state index contributed by atoms with van der Waals surface area (Å²) in [5.74, 6) is 0.415. The van der Waals surface area contributed by atoms with Crippen LogP contribution in [0.1, 0.15) is 79.8 Å².